The molecule has 4 fully saturated rings. The van der Waals surface area contributed by atoms with Crippen molar-refractivity contribution in [2.75, 3.05) is 13.2 Å². The number of ether oxygens (including phenoxy) is 4. The van der Waals surface area contributed by atoms with Crippen LogP contribution in [0.2, 0.25) is 0 Å². The highest BCUT2D eigenvalue weighted by atomic mass is 16.7. The number of ketones is 1. The molecule has 228 valence electrons. The molecule has 40 heavy (non-hydrogen) atoms. The van der Waals surface area contributed by atoms with E-state index in [-0.39, 0.29) is 48.5 Å². The Hall–Kier alpha value is -1.28. The van der Waals surface area contributed by atoms with Gasteiger partial charge in [-0.3, -0.25) is 9.59 Å². The Morgan fingerprint density at radius 1 is 1.00 bits per heavy atom. The summed E-state index contributed by atoms with van der Waals surface area (Å²) in [7, 11) is 0. The first-order valence-electron chi connectivity index (χ1n) is 16.5. The minimum atomic E-state index is -0.736. The molecule has 6 atom stereocenters. The first-order chi connectivity index (χ1) is 19.5. The van der Waals surface area contributed by atoms with Crippen molar-refractivity contribution in [2.24, 2.45) is 17.3 Å². The molecule has 0 aromatic heterocycles. The average Bonchev–Trinajstić information content (AvgIpc) is 3.22. The van der Waals surface area contributed by atoms with Crippen LogP contribution in [0.15, 0.2) is 12.2 Å². The number of Topliss-reactive ketones (excluding diaryl/α,β-unsaturated/α-hetero) is 1. The van der Waals surface area contributed by atoms with Gasteiger partial charge in [0.1, 0.15) is 5.78 Å². The van der Waals surface area contributed by atoms with Crippen molar-refractivity contribution in [3.63, 3.8) is 0 Å². The Kier molecular flexibility index (Phi) is 13.0. The van der Waals surface area contributed by atoms with Gasteiger partial charge in [-0.15, -0.1) is 0 Å². The number of carboxylic acid groups (broad SMARTS) is 1. The van der Waals surface area contributed by atoms with E-state index in [1.807, 2.05) is 0 Å². The highest BCUT2D eigenvalue weighted by molar-refractivity contribution is 5.84. The molecule has 0 bridgehead atoms. The Labute approximate surface area is 241 Å². The highest BCUT2D eigenvalue weighted by Crippen LogP contribution is 2.50. The molecular formula is C33H54O7. The third kappa shape index (κ3) is 9.11. The van der Waals surface area contributed by atoms with E-state index in [1.54, 1.807) is 0 Å². The van der Waals surface area contributed by atoms with Crippen molar-refractivity contribution in [1.82, 2.24) is 0 Å². The molecule has 0 amide bonds. The van der Waals surface area contributed by atoms with E-state index in [2.05, 4.69) is 19.1 Å². The number of carbonyl (C=O) groups is 2. The first kappa shape index (κ1) is 31.7. The van der Waals surface area contributed by atoms with E-state index >= 15 is 0 Å². The monoisotopic (exact) mass is 562 g/mol. The van der Waals surface area contributed by atoms with E-state index < -0.39 is 5.97 Å². The van der Waals surface area contributed by atoms with Gasteiger partial charge in [-0.25, -0.2) is 0 Å². The van der Waals surface area contributed by atoms with Gasteiger partial charge in [0.25, 0.3) is 0 Å². The normalized spacial score (nSPS) is 31.3. The van der Waals surface area contributed by atoms with E-state index in [0.717, 1.165) is 77.4 Å². The zero-order valence-corrected chi connectivity index (χ0v) is 24.9. The largest absolute Gasteiger partial charge is 0.481 e. The van der Waals surface area contributed by atoms with Crippen LogP contribution in [-0.2, 0) is 28.5 Å². The molecule has 7 nitrogen and oxygen atoms in total. The van der Waals surface area contributed by atoms with Gasteiger partial charge >= 0.3 is 5.97 Å². The van der Waals surface area contributed by atoms with Crippen LogP contribution in [0.4, 0.5) is 0 Å². The zero-order valence-electron chi connectivity index (χ0n) is 24.9. The van der Waals surface area contributed by atoms with Gasteiger partial charge in [-0.1, -0.05) is 57.6 Å². The lowest BCUT2D eigenvalue weighted by molar-refractivity contribution is -0.211. The average molecular weight is 563 g/mol. The van der Waals surface area contributed by atoms with Crippen LogP contribution in [0, 0.1) is 17.3 Å². The molecule has 2 aliphatic heterocycles. The van der Waals surface area contributed by atoms with Crippen molar-refractivity contribution in [2.45, 2.75) is 154 Å². The predicted octanol–water partition coefficient (Wildman–Crippen LogP) is 7.36. The number of unbranched alkanes of at least 4 members (excludes halogenated alkanes) is 4. The molecule has 4 rings (SSSR count). The van der Waals surface area contributed by atoms with Crippen molar-refractivity contribution in [1.29, 1.82) is 0 Å². The molecule has 4 aliphatic rings. The third-order valence-electron chi connectivity index (χ3n) is 9.76. The smallest absolute Gasteiger partial charge is 0.303 e. The van der Waals surface area contributed by atoms with E-state index in [9.17, 15) is 9.59 Å². The van der Waals surface area contributed by atoms with Gasteiger partial charge in [0, 0.05) is 43.3 Å². The van der Waals surface area contributed by atoms with E-state index in [1.165, 1.54) is 38.5 Å². The molecule has 2 unspecified atom stereocenters. The maximum Gasteiger partial charge on any atom is 0.303 e. The Balaban J connectivity index is 1.47. The Bertz CT molecular complexity index is 795. The van der Waals surface area contributed by atoms with Gasteiger partial charge in [0.2, 0.25) is 0 Å². The van der Waals surface area contributed by atoms with Crippen molar-refractivity contribution in [3.05, 3.63) is 12.2 Å². The summed E-state index contributed by atoms with van der Waals surface area (Å²) in [5, 5.41) is 8.92. The van der Waals surface area contributed by atoms with Crippen LogP contribution in [0.5, 0.6) is 0 Å². The van der Waals surface area contributed by atoms with Gasteiger partial charge in [-0.2, -0.15) is 0 Å². The van der Waals surface area contributed by atoms with Crippen molar-refractivity contribution in [3.8, 4) is 0 Å². The molecule has 1 N–H and O–H groups in total. The summed E-state index contributed by atoms with van der Waals surface area (Å²) in [4.78, 5) is 24.2. The topological polar surface area (TPSA) is 91.3 Å². The number of hydrogen-bond acceptors (Lipinski definition) is 6. The predicted molar refractivity (Wildman–Crippen MR) is 154 cm³/mol. The lowest BCUT2D eigenvalue weighted by Gasteiger charge is -2.48. The molecule has 0 aromatic carbocycles. The molecule has 0 spiro atoms. The Morgan fingerprint density at radius 3 is 2.35 bits per heavy atom. The van der Waals surface area contributed by atoms with Crippen LogP contribution >= 0.6 is 0 Å². The summed E-state index contributed by atoms with van der Waals surface area (Å²) in [6.45, 7) is 3.75. The summed E-state index contributed by atoms with van der Waals surface area (Å²) < 4.78 is 25.2. The molecule has 2 heterocycles. The molecule has 0 aromatic rings. The third-order valence-corrected chi connectivity index (χ3v) is 9.76. The maximum absolute atomic E-state index is 13.3. The second-order valence-corrected chi connectivity index (χ2v) is 12.7. The first-order valence-corrected chi connectivity index (χ1v) is 16.5. The van der Waals surface area contributed by atoms with Gasteiger partial charge in [0.15, 0.2) is 12.6 Å². The van der Waals surface area contributed by atoms with E-state index in [4.69, 9.17) is 24.1 Å². The van der Waals surface area contributed by atoms with Crippen LogP contribution in [0.25, 0.3) is 0 Å². The molecule has 7 heteroatoms. The standard InChI is InChI=1S/C33H54O7/c1-2-3-19-33(20-12-21-33)29(40-32-16-9-11-23-38-32)18-17-26-25(13-6-4-5-7-14-30(35)36)27(34)24-28(26)39-31-15-8-10-22-37-31/h17-18,25-26,28-29,31-32H,2-16,19-24H2,1H3,(H,35,36)/t25-,26-,28-,29-,31?,32?/m1/s1. The second kappa shape index (κ2) is 16.4. The summed E-state index contributed by atoms with van der Waals surface area (Å²) in [6.07, 6.45) is 22.4. The molecule has 0 radical (unpaired) electrons. The summed E-state index contributed by atoms with van der Waals surface area (Å²) in [6, 6.07) is 0. The lowest BCUT2D eigenvalue weighted by Crippen LogP contribution is -2.44. The summed E-state index contributed by atoms with van der Waals surface area (Å²) >= 11 is 0. The summed E-state index contributed by atoms with van der Waals surface area (Å²) in [5.74, 6) is -0.499. The fourth-order valence-corrected chi connectivity index (χ4v) is 7.16. The fourth-order valence-electron chi connectivity index (χ4n) is 7.16. The molecule has 2 aliphatic carbocycles. The number of carboxylic acids is 1. The van der Waals surface area contributed by atoms with Crippen LogP contribution < -0.4 is 0 Å². The van der Waals surface area contributed by atoms with Gasteiger partial charge in [0.05, 0.1) is 12.2 Å². The summed E-state index contributed by atoms with van der Waals surface area (Å²) in [5.41, 5.74) is 0.165. The maximum atomic E-state index is 13.3. The van der Waals surface area contributed by atoms with Crippen molar-refractivity contribution < 1.29 is 33.6 Å². The molecule has 2 saturated heterocycles. The molecular weight excluding hydrogens is 508 g/mol. The SMILES string of the molecule is CCCCC1([C@@H](C=C[C@H]2[C@H](OC3CCCCO3)CC(=O)[C@@H]2CCCCCCC(=O)O)OC2CCCCO2)CCC1. The van der Waals surface area contributed by atoms with Crippen LogP contribution in [-0.4, -0.2) is 54.9 Å². The Morgan fingerprint density at radius 2 is 1.73 bits per heavy atom. The number of aliphatic carboxylic acids is 1. The minimum Gasteiger partial charge on any atom is -0.481 e. The van der Waals surface area contributed by atoms with Crippen molar-refractivity contribution >= 4 is 11.8 Å². The number of carbonyl (C=O) groups excluding carboxylic acids is 1. The van der Waals surface area contributed by atoms with Gasteiger partial charge in [-0.05, 0) is 70.6 Å². The molecule has 2 saturated carbocycles. The van der Waals surface area contributed by atoms with Gasteiger partial charge < -0.3 is 24.1 Å². The zero-order chi connectivity index (χ0) is 28.2. The minimum absolute atomic E-state index is 0.00477. The van der Waals surface area contributed by atoms with Crippen LogP contribution in [0.3, 0.4) is 0 Å². The second-order valence-electron chi connectivity index (χ2n) is 12.7. The van der Waals surface area contributed by atoms with E-state index in [0.29, 0.717) is 18.6 Å². The lowest BCUT2D eigenvalue weighted by atomic mass is 9.62. The highest BCUT2D eigenvalue weighted by Gasteiger charge is 2.46. The fraction of sp³-hybridized carbons (Fsp3) is 0.879. The number of hydrogen-bond donors (Lipinski definition) is 1. The number of rotatable bonds is 17. The van der Waals surface area contributed by atoms with Crippen LogP contribution in [0.1, 0.15) is 129 Å². The quantitative estimate of drug-likeness (QED) is 0.146.